The number of para-hydroxylation sites is 1. The molecule has 0 aromatic heterocycles. The number of carbonyl (C=O) groups excluding carboxylic acids is 4. The molecule has 3 rings (SSSR count). The van der Waals surface area contributed by atoms with Gasteiger partial charge in [-0.3, -0.25) is 14.4 Å². The third kappa shape index (κ3) is 10.5. The summed E-state index contributed by atoms with van der Waals surface area (Å²) in [6.45, 7) is 7.92. The zero-order valence-corrected chi connectivity index (χ0v) is 26.0. The third-order valence-corrected chi connectivity index (χ3v) is 8.12. The van der Waals surface area contributed by atoms with Crippen molar-refractivity contribution < 1.29 is 33.4 Å². The van der Waals surface area contributed by atoms with Crippen molar-refractivity contribution in [1.82, 2.24) is 15.1 Å². The van der Waals surface area contributed by atoms with Crippen LogP contribution in [0.4, 0.5) is 4.79 Å². The number of likely N-dealkylation sites (tertiary alicyclic amines) is 2. The van der Waals surface area contributed by atoms with Crippen LogP contribution in [-0.2, 0) is 30.3 Å². The van der Waals surface area contributed by atoms with Gasteiger partial charge < -0.3 is 29.3 Å². The molecule has 2 saturated heterocycles. The van der Waals surface area contributed by atoms with Gasteiger partial charge in [-0.2, -0.15) is 0 Å². The molecule has 10 nitrogen and oxygen atoms in total. The van der Waals surface area contributed by atoms with Crippen molar-refractivity contribution in [1.29, 1.82) is 0 Å². The van der Waals surface area contributed by atoms with E-state index in [0.717, 1.165) is 37.0 Å². The van der Waals surface area contributed by atoms with Gasteiger partial charge in [0.2, 0.25) is 11.8 Å². The lowest BCUT2D eigenvalue weighted by molar-refractivity contribution is -0.141. The van der Waals surface area contributed by atoms with Gasteiger partial charge in [0, 0.05) is 38.6 Å². The van der Waals surface area contributed by atoms with Crippen molar-refractivity contribution in [2.45, 2.75) is 90.2 Å². The summed E-state index contributed by atoms with van der Waals surface area (Å²) in [6, 6.07) is 7.33. The molecule has 0 aliphatic carbocycles. The molecule has 234 valence electrons. The molecule has 1 N–H and O–H groups in total. The number of methoxy groups -OCH3 is 2. The van der Waals surface area contributed by atoms with Crippen LogP contribution in [0.1, 0.15) is 77.7 Å². The maximum absolute atomic E-state index is 13.3. The molecule has 0 saturated carbocycles. The zero-order chi connectivity index (χ0) is 30.7. The molecule has 42 heavy (non-hydrogen) atoms. The summed E-state index contributed by atoms with van der Waals surface area (Å²) in [5, 5.41) is 3.07. The number of amides is 3. The predicted molar refractivity (Wildman–Crippen MR) is 159 cm³/mol. The van der Waals surface area contributed by atoms with Crippen LogP contribution in [0.25, 0.3) is 0 Å². The van der Waals surface area contributed by atoms with E-state index in [-0.39, 0.29) is 42.3 Å². The van der Waals surface area contributed by atoms with E-state index in [4.69, 9.17) is 14.2 Å². The van der Waals surface area contributed by atoms with Gasteiger partial charge in [-0.1, -0.05) is 18.2 Å². The van der Waals surface area contributed by atoms with Crippen LogP contribution in [0, 0.1) is 11.8 Å². The quantitative estimate of drug-likeness (QED) is 0.383. The molecule has 2 fully saturated rings. The first-order valence-corrected chi connectivity index (χ1v) is 15.2. The number of hydrogen-bond donors (Lipinski definition) is 1. The predicted octanol–water partition coefficient (Wildman–Crippen LogP) is 4.34. The normalized spacial score (nSPS) is 18.6. The molecule has 2 atom stereocenters. The van der Waals surface area contributed by atoms with E-state index in [1.165, 1.54) is 7.11 Å². The van der Waals surface area contributed by atoms with Crippen LogP contribution >= 0.6 is 0 Å². The number of hydrogen-bond acceptors (Lipinski definition) is 7. The van der Waals surface area contributed by atoms with Crippen molar-refractivity contribution >= 4 is 23.9 Å². The number of esters is 1. The molecule has 1 aromatic carbocycles. The molecule has 1 unspecified atom stereocenters. The highest BCUT2D eigenvalue weighted by Crippen LogP contribution is 2.26. The van der Waals surface area contributed by atoms with Crippen LogP contribution < -0.4 is 10.1 Å². The number of benzene rings is 1. The maximum Gasteiger partial charge on any atom is 0.410 e. The smallest absolute Gasteiger partial charge is 0.410 e. The number of nitrogens with zero attached hydrogens (tertiary/aromatic N) is 2. The lowest BCUT2D eigenvalue weighted by Crippen LogP contribution is -2.48. The second-order valence-corrected chi connectivity index (χ2v) is 12.5. The van der Waals surface area contributed by atoms with E-state index in [0.29, 0.717) is 57.8 Å². The van der Waals surface area contributed by atoms with Crippen LogP contribution in [0.15, 0.2) is 24.3 Å². The molecule has 2 heterocycles. The number of carbonyl (C=O) groups is 4. The van der Waals surface area contributed by atoms with Gasteiger partial charge in [-0.05, 0) is 83.3 Å². The zero-order valence-electron chi connectivity index (χ0n) is 26.0. The monoisotopic (exact) mass is 587 g/mol. The average molecular weight is 588 g/mol. The number of aryl methyl sites for hydroxylation is 1. The molecule has 2 aliphatic rings. The number of piperidine rings is 2. The lowest BCUT2D eigenvalue weighted by atomic mass is 9.91. The summed E-state index contributed by atoms with van der Waals surface area (Å²) >= 11 is 0. The third-order valence-electron chi connectivity index (χ3n) is 8.12. The van der Waals surface area contributed by atoms with Crippen LogP contribution in [0.5, 0.6) is 5.75 Å². The summed E-state index contributed by atoms with van der Waals surface area (Å²) in [4.78, 5) is 54.4. The van der Waals surface area contributed by atoms with E-state index in [1.807, 2.05) is 49.9 Å². The molecular weight excluding hydrogens is 538 g/mol. The minimum Gasteiger partial charge on any atom is -0.496 e. The van der Waals surface area contributed by atoms with E-state index < -0.39 is 5.60 Å². The maximum atomic E-state index is 13.3. The lowest BCUT2D eigenvalue weighted by Gasteiger charge is -2.35. The first-order chi connectivity index (χ1) is 20.0. The fourth-order valence-corrected chi connectivity index (χ4v) is 5.70. The molecular formula is C32H49N3O7. The fraction of sp³-hybridized carbons (Fsp3) is 0.688. The first kappa shape index (κ1) is 33.2. The summed E-state index contributed by atoms with van der Waals surface area (Å²) in [5.41, 5.74) is 0.497. The Morgan fingerprint density at radius 1 is 1.00 bits per heavy atom. The van der Waals surface area contributed by atoms with Crippen LogP contribution in [0.3, 0.4) is 0 Å². The Hall–Kier alpha value is -3.30. The van der Waals surface area contributed by atoms with Gasteiger partial charge in [0.15, 0.2) is 0 Å². The standard InChI is InChI=1S/C32H49N3O7/c1-32(2,3)42-31(39)34-19-16-23(17-20-34)12-15-28(36)35-18-8-10-25(22-35)30(38)33-26(21-29(37)41-5)14-13-24-9-6-7-11-27(24)40-4/h6-7,9,11,23,25-26H,8,10,12-22H2,1-5H3,(H,33,38)/t25-,26?/m1/s1. The molecule has 2 aliphatic heterocycles. The van der Waals surface area contributed by atoms with E-state index in [2.05, 4.69) is 5.32 Å². The van der Waals surface area contributed by atoms with Gasteiger partial charge >= 0.3 is 12.1 Å². The summed E-state index contributed by atoms with van der Waals surface area (Å²) in [7, 11) is 2.97. The Bertz CT molecular complexity index is 1060. The van der Waals surface area contributed by atoms with Crippen molar-refractivity contribution in [3.8, 4) is 5.75 Å². The molecule has 0 spiro atoms. The Morgan fingerprint density at radius 2 is 1.71 bits per heavy atom. The SMILES string of the molecule is COC(=O)CC(CCc1ccccc1OC)NC(=O)[C@@H]1CCCN(C(=O)CCC2CCN(C(=O)OC(C)(C)C)CC2)C1. The van der Waals surface area contributed by atoms with Crippen LogP contribution in [-0.4, -0.2) is 85.7 Å². The molecule has 1 aromatic rings. The Kier molecular flexibility index (Phi) is 12.5. The average Bonchev–Trinajstić information content (AvgIpc) is 2.98. The summed E-state index contributed by atoms with van der Waals surface area (Å²) in [5.74, 6) is 0.415. The van der Waals surface area contributed by atoms with Gasteiger partial charge in [0.1, 0.15) is 11.4 Å². The largest absolute Gasteiger partial charge is 0.496 e. The summed E-state index contributed by atoms with van der Waals surface area (Å²) < 4.78 is 15.8. The van der Waals surface area contributed by atoms with Crippen LogP contribution in [0.2, 0.25) is 0 Å². The highest BCUT2D eigenvalue weighted by atomic mass is 16.6. The fourth-order valence-electron chi connectivity index (χ4n) is 5.70. The molecule has 0 bridgehead atoms. The van der Waals surface area contributed by atoms with E-state index in [9.17, 15) is 19.2 Å². The number of ether oxygens (including phenoxy) is 3. The van der Waals surface area contributed by atoms with Crippen molar-refractivity contribution in [2.24, 2.45) is 11.8 Å². The molecule has 3 amide bonds. The topological polar surface area (TPSA) is 114 Å². The second kappa shape index (κ2) is 15.8. The van der Waals surface area contributed by atoms with Gasteiger partial charge in [0.25, 0.3) is 0 Å². The highest BCUT2D eigenvalue weighted by Gasteiger charge is 2.31. The van der Waals surface area contributed by atoms with E-state index in [1.54, 1.807) is 12.0 Å². The highest BCUT2D eigenvalue weighted by molar-refractivity contribution is 5.82. The summed E-state index contributed by atoms with van der Waals surface area (Å²) in [6.07, 6.45) is 5.40. The first-order valence-electron chi connectivity index (χ1n) is 15.2. The Balaban J connectivity index is 1.47. The number of rotatable bonds is 11. The van der Waals surface area contributed by atoms with Crippen molar-refractivity contribution in [2.75, 3.05) is 40.4 Å². The van der Waals surface area contributed by atoms with Crippen molar-refractivity contribution in [3.05, 3.63) is 29.8 Å². The second-order valence-electron chi connectivity index (χ2n) is 12.5. The minimum absolute atomic E-state index is 0.0735. The van der Waals surface area contributed by atoms with Gasteiger partial charge in [0.05, 0.1) is 26.6 Å². The van der Waals surface area contributed by atoms with E-state index >= 15 is 0 Å². The Morgan fingerprint density at radius 3 is 2.38 bits per heavy atom. The number of nitrogens with one attached hydrogen (secondary N) is 1. The Labute approximate surface area is 250 Å². The molecule has 10 heteroatoms. The van der Waals surface area contributed by atoms with Gasteiger partial charge in [-0.15, -0.1) is 0 Å². The van der Waals surface area contributed by atoms with Crippen molar-refractivity contribution in [3.63, 3.8) is 0 Å². The van der Waals surface area contributed by atoms with Gasteiger partial charge in [-0.25, -0.2) is 4.79 Å². The molecule has 0 radical (unpaired) electrons. The minimum atomic E-state index is -0.512.